The van der Waals surface area contributed by atoms with E-state index in [0.717, 1.165) is 20.0 Å². The van der Waals surface area contributed by atoms with Gasteiger partial charge in [-0.15, -0.1) is 0 Å². The summed E-state index contributed by atoms with van der Waals surface area (Å²) in [7, 11) is 0. The van der Waals surface area contributed by atoms with E-state index >= 15 is 0 Å². The summed E-state index contributed by atoms with van der Waals surface area (Å²) in [6.07, 6.45) is 3.18. The van der Waals surface area contributed by atoms with E-state index in [0.29, 0.717) is 5.02 Å². The van der Waals surface area contributed by atoms with Crippen molar-refractivity contribution in [1.29, 1.82) is 0 Å². The molecule has 1 N–H and O–H groups in total. The average molecular weight is 260 g/mol. The summed E-state index contributed by atoms with van der Waals surface area (Å²) in [4.78, 5) is 0. The van der Waals surface area contributed by atoms with Crippen molar-refractivity contribution in [2.75, 3.05) is 0 Å². The van der Waals surface area contributed by atoms with Gasteiger partial charge in [-0.3, -0.25) is 5.21 Å². The Labute approximate surface area is 88.5 Å². The van der Waals surface area contributed by atoms with Gasteiger partial charge in [-0.2, -0.15) is 0 Å². The van der Waals surface area contributed by atoms with Crippen LogP contribution in [0.5, 0.6) is 0 Å². The third-order valence-corrected chi connectivity index (χ3v) is 2.65. The molecule has 0 saturated heterocycles. The van der Waals surface area contributed by atoms with Crippen molar-refractivity contribution >= 4 is 38.3 Å². The van der Waals surface area contributed by atoms with Gasteiger partial charge in [-0.05, 0) is 28.1 Å². The van der Waals surface area contributed by atoms with Crippen molar-refractivity contribution in [3.05, 3.63) is 40.1 Å². The largest absolute Gasteiger partial charge is 0.285 e. The van der Waals surface area contributed by atoms with Crippen molar-refractivity contribution in [3.63, 3.8) is 0 Å². The predicted molar refractivity (Wildman–Crippen MR) is 54.0 cm³/mol. The highest BCUT2D eigenvalue weighted by atomic mass is 79.9. The minimum absolute atomic E-state index is 0.658. The zero-order valence-electron chi connectivity index (χ0n) is 6.54. The second-order valence-electron chi connectivity index (χ2n) is 2.72. The van der Waals surface area contributed by atoms with Gasteiger partial charge in [-0.25, -0.2) is 0 Å². The monoisotopic (exact) mass is 258 g/mol. The molecule has 13 heavy (non-hydrogen) atoms. The number of fused-ring (bicyclic) bond motifs is 1. The maximum absolute atomic E-state index is 9.25. The first kappa shape index (κ1) is 8.78. The van der Waals surface area contributed by atoms with Crippen LogP contribution in [0.4, 0.5) is 0 Å². The van der Waals surface area contributed by atoms with Crippen LogP contribution in [-0.2, 0) is 0 Å². The normalized spacial score (nSPS) is 10.6. The van der Waals surface area contributed by atoms with Crippen LogP contribution in [-0.4, -0.2) is 5.21 Å². The zero-order valence-corrected chi connectivity index (χ0v) is 8.88. The highest BCUT2D eigenvalue weighted by molar-refractivity contribution is 9.10. The molecule has 2 aromatic rings. The third-order valence-electron chi connectivity index (χ3n) is 1.79. The van der Waals surface area contributed by atoms with Gasteiger partial charge in [-0.1, -0.05) is 17.7 Å². The number of halogens is 2. The van der Waals surface area contributed by atoms with Gasteiger partial charge in [0.25, 0.3) is 0 Å². The Hall–Kier alpha value is -0.800. The Kier molecular flexibility index (Phi) is 2.14. The van der Waals surface area contributed by atoms with Crippen molar-refractivity contribution in [1.82, 2.24) is 0 Å². The molecule has 0 aliphatic heterocycles. The van der Waals surface area contributed by atoms with Gasteiger partial charge in [0.1, 0.15) is 0 Å². The number of rotatable bonds is 0. The first-order chi connectivity index (χ1) is 6.16. The van der Waals surface area contributed by atoms with E-state index in [-0.39, 0.29) is 0 Å². The molecule has 0 spiro atoms. The number of nitrogens with zero attached hydrogens (tertiary/aromatic N) is 1. The number of hydrogen-bond donors (Lipinski definition) is 1. The van der Waals surface area contributed by atoms with Crippen LogP contribution in [0.2, 0.25) is 5.02 Å². The van der Waals surface area contributed by atoms with Crippen LogP contribution >= 0.6 is 27.5 Å². The molecule has 1 heterocycles. The molecule has 0 saturated carbocycles. The Bertz CT molecular complexity index is 467. The third kappa shape index (κ3) is 1.62. The predicted octanol–water partition coefficient (Wildman–Crippen LogP) is 2.78. The fourth-order valence-electron chi connectivity index (χ4n) is 1.22. The minimum Gasteiger partial charge on any atom is -0.285 e. The summed E-state index contributed by atoms with van der Waals surface area (Å²) in [5, 5.41) is 11.8. The number of hydrogen-bond acceptors (Lipinski definition) is 1. The van der Waals surface area contributed by atoms with Gasteiger partial charge in [0.2, 0.25) is 12.4 Å². The fourth-order valence-corrected chi connectivity index (χ4v) is 1.97. The van der Waals surface area contributed by atoms with E-state index in [9.17, 15) is 5.21 Å². The molecule has 1 aromatic carbocycles. The molecule has 0 unspecified atom stereocenters. The van der Waals surface area contributed by atoms with Crippen LogP contribution in [0.1, 0.15) is 0 Å². The van der Waals surface area contributed by atoms with Crippen molar-refractivity contribution in [3.8, 4) is 0 Å². The van der Waals surface area contributed by atoms with Crippen LogP contribution in [0.3, 0.4) is 0 Å². The lowest BCUT2D eigenvalue weighted by atomic mass is 10.2. The molecule has 66 valence electrons. The lowest BCUT2D eigenvalue weighted by Gasteiger charge is -1.97. The number of benzene rings is 1. The van der Waals surface area contributed by atoms with Crippen LogP contribution in [0, 0.1) is 0 Å². The summed E-state index contributed by atoms with van der Waals surface area (Å²) in [5.41, 5.74) is 0. The Morgan fingerprint density at radius 2 is 2.08 bits per heavy atom. The average Bonchev–Trinajstić information content (AvgIpc) is 2.02. The van der Waals surface area contributed by atoms with Gasteiger partial charge in [0, 0.05) is 15.1 Å². The van der Waals surface area contributed by atoms with Gasteiger partial charge >= 0.3 is 0 Å². The van der Waals surface area contributed by atoms with E-state index < -0.39 is 0 Å². The summed E-state index contributed by atoms with van der Waals surface area (Å²) in [6.45, 7) is 0. The zero-order chi connectivity index (χ0) is 9.42. The smallest absolute Gasteiger partial charge is 0.237 e. The summed E-state index contributed by atoms with van der Waals surface area (Å²) in [6, 6.07) is 5.52. The quantitative estimate of drug-likeness (QED) is 0.571. The van der Waals surface area contributed by atoms with Crippen LogP contribution < -0.4 is 4.73 Å². The molecule has 0 aliphatic rings. The molecule has 0 bridgehead atoms. The molecule has 2 nitrogen and oxygen atoms in total. The van der Waals surface area contributed by atoms with Crippen LogP contribution in [0.15, 0.2) is 35.1 Å². The van der Waals surface area contributed by atoms with E-state index in [1.54, 1.807) is 18.5 Å². The standard InChI is InChI=1S/C9H6BrClNO/c10-9-5-12(13)4-6-3-7(11)1-2-8(6)9/h1-5,13H/q+1. The second kappa shape index (κ2) is 3.16. The van der Waals surface area contributed by atoms with Gasteiger partial charge < -0.3 is 0 Å². The Balaban J connectivity index is 2.86. The first-order valence-electron chi connectivity index (χ1n) is 3.66. The molecule has 4 heteroatoms. The van der Waals surface area contributed by atoms with E-state index in [1.807, 2.05) is 12.1 Å². The lowest BCUT2D eigenvalue weighted by Crippen LogP contribution is -2.28. The number of aromatic nitrogens is 1. The first-order valence-corrected chi connectivity index (χ1v) is 4.83. The maximum Gasteiger partial charge on any atom is 0.237 e. The Morgan fingerprint density at radius 1 is 1.31 bits per heavy atom. The molecule has 1 aromatic heterocycles. The minimum atomic E-state index is 0.658. The van der Waals surface area contributed by atoms with E-state index in [4.69, 9.17) is 11.6 Å². The summed E-state index contributed by atoms with van der Waals surface area (Å²) >= 11 is 9.17. The SMILES string of the molecule is O[n+]1cc(Br)c2ccc(Cl)cc2c1. The molecule has 0 fully saturated rings. The van der Waals surface area contributed by atoms with Crippen LogP contribution in [0.25, 0.3) is 10.8 Å². The maximum atomic E-state index is 9.25. The van der Waals surface area contributed by atoms with Gasteiger partial charge in [0.15, 0.2) is 0 Å². The van der Waals surface area contributed by atoms with Crippen molar-refractivity contribution < 1.29 is 9.94 Å². The molecule has 0 radical (unpaired) electrons. The second-order valence-corrected chi connectivity index (χ2v) is 4.01. The Morgan fingerprint density at radius 3 is 2.85 bits per heavy atom. The fraction of sp³-hybridized carbons (Fsp3) is 0. The molecular weight excluding hydrogens is 253 g/mol. The topological polar surface area (TPSA) is 24.1 Å². The van der Waals surface area contributed by atoms with E-state index in [1.165, 1.54) is 0 Å². The molecular formula is C9H6BrClNO+. The molecule has 0 amide bonds. The van der Waals surface area contributed by atoms with Crippen molar-refractivity contribution in [2.24, 2.45) is 0 Å². The molecule has 0 aliphatic carbocycles. The number of pyridine rings is 1. The molecule has 2 rings (SSSR count). The van der Waals surface area contributed by atoms with Gasteiger partial charge in [0.05, 0.1) is 9.86 Å². The summed E-state index contributed by atoms with van der Waals surface area (Å²) < 4.78 is 1.84. The van der Waals surface area contributed by atoms with Crippen molar-refractivity contribution in [2.45, 2.75) is 0 Å². The van der Waals surface area contributed by atoms with E-state index in [2.05, 4.69) is 15.9 Å². The highest BCUT2D eigenvalue weighted by Crippen LogP contribution is 2.24. The lowest BCUT2D eigenvalue weighted by molar-refractivity contribution is -0.904. The molecule has 0 atom stereocenters. The highest BCUT2D eigenvalue weighted by Gasteiger charge is 2.07. The summed E-state index contributed by atoms with van der Waals surface area (Å²) in [5.74, 6) is 0.